The highest BCUT2D eigenvalue weighted by Crippen LogP contribution is 2.35. The van der Waals surface area contributed by atoms with Gasteiger partial charge >= 0.3 is 0 Å². The predicted molar refractivity (Wildman–Crippen MR) is 119 cm³/mol. The van der Waals surface area contributed by atoms with Crippen LogP contribution in [0.1, 0.15) is 42.1 Å². The molecule has 1 fully saturated rings. The minimum Gasteiger partial charge on any atom is -0.495 e. The summed E-state index contributed by atoms with van der Waals surface area (Å²) in [7, 11) is -2.47. The average molecular weight is 460 g/mol. The summed E-state index contributed by atoms with van der Waals surface area (Å²) in [6.45, 7) is 2.67. The van der Waals surface area contributed by atoms with Crippen LogP contribution in [-0.4, -0.2) is 49.8 Å². The van der Waals surface area contributed by atoms with Gasteiger partial charge < -0.3 is 9.64 Å². The number of hydrogen-bond donors (Lipinski definition) is 0. The number of fused-ring (bicyclic) bond motifs is 1. The number of piperidine rings is 1. The quantitative estimate of drug-likeness (QED) is 0.501. The highest BCUT2D eigenvalue weighted by molar-refractivity contribution is 7.89. The highest BCUT2D eigenvalue weighted by atomic mass is 32.2. The molecule has 0 N–H and O–H groups in total. The minimum atomic E-state index is -3.86. The van der Waals surface area contributed by atoms with Crippen LogP contribution in [0.4, 0.5) is 11.4 Å². The van der Waals surface area contributed by atoms with Crippen molar-refractivity contribution in [2.45, 2.75) is 43.5 Å². The van der Waals surface area contributed by atoms with Crippen LogP contribution >= 0.6 is 0 Å². The van der Waals surface area contributed by atoms with E-state index >= 15 is 0 Å². The first-order valence-corrected chi connectivity index (χ1v) is 12.0. The lowest BCUT2D eigenvalue weighted by Crippen LogP contribution is -2.42. The topological polar surface area (TPSA) is 110 Å². The van der Waals surface area contributed by atoms with Crippen LogP contribution in [0.2, 0.25) is 0 Å². The molecule has 170 valence electrons. The largest absolute Gasteiger partial charge is 0.495 e. The fourth-order valence-electron chi connectivity index (χ4n) is 4.41. The van der Waals surface area contributed by atoms with Gasteiger partial charge in [-0.05, 0) is 49.9 Å². The van der Waals surface area contributed by atoms with E-state index in [0.29, 0.717) is 25.2 Å². The molecule has 1 saturated heterocycles. The van der Waals surface area contributed by atoms with Crippen LogP contribution in [0, 0.1) is 10.1 Å². The zero-order chi connectivity index (χ0) is 23.0. The first-order valence-electron chi connectivity index (χ1n) is 10.5. The minimum absolute atomic E-state index is 0.0435. The Bertz CT molecular complexity index is 1180. The number of sulfonamides is 1. The summed E-state index contributed by atoms with van der Waals surface area (Å²) in [5.74, 6) is -0.230. The lowest BCUT2D eigenvalue weighted by Gasteiger charge is -2.32. The van der Waals surface area contributed by atoms with Gasteiger partial charge in [0.05, 0.1) is 17.7 Å². The molecule has 32 heavy (non-hydrogen) atoms. The molecule has 2 aromatic carbocycles. The molecule has 2 aliphatic rings. The lowest BCUT2D eigenvalue weighted by molar-refractivity contribution is -0.384. The molecular formula is C22H25N3O6S. The summed E-state index contributed by atoms with van der Waals surface area (Å²) < 4.78 is 33.7. The molecule has 0 saturated carbocycles. The zero-order valence-electron chi connectivity index (χ0n) is 18.0. The monoisotopic (exact) mass is 459 g/mol. The van der Waals surface area contributed by atoms with Crippen LogP contribution in [0.5, 0.6) is 5.75 Å². The Morgan fingerprint density at radius 2 is 1.94 bits per heavy atom. The summed E-state index contributed by atoms with van der Waals surface area (Å²) in [6, 6.07) is 8.69. The van der Waals surface area contributed by atoms with E-state index < -0.39 is 20.9 Å². The SMILES string of the molecule is COc1ccc(C(=O)N2CCc3ccc([N+](=O)[O-])cc32)cc1S(=O)(=O)N1CCCC[C@@H]1C. The summed E-state index contributed by atoms with van der Waals surface area (Å²) in [5, 5.41) is 11.2. The molecule has 0 spiro atoms. The average Bonchev–Trinajstić information content (AvgIpc) is 3.21. The van der Waals surface area contributed by atoms with Gasteiger partial charge in [0.2, 0.25) is 10.0 Å². The van der Waals surface area contributed by atoms with Gasteiger partial charge in [0, 0.05) is 36.8 Å². The van der Waals surface area contributed by atoms with Crippen molar-refractivity contribution >= 4 is 27.3 Å². The number of carbonyl (C=O) groups is 1. The van der Waals surface area contributed by atoms with E-state index in [1.165, 1.54) is 46.6 Å². The molecular weight excluding hydrogens is 434 g/mol. The maximum Gasteiger partial charge on any atom is 0.271 e. The number of carbonyl (C=O) groups excluding carboxylic acids is 1. The van der Waals surface area contributed by atoms with E-state index in [-0.39, 0.29) is 27.9 Å². The van der Waals surface area contributed by atoms with Crippen molar-refractivity contribution in [1.82, 2.24) is 4.31 Å². The number of hydrogen-bond acceptors (Lipinski definition) is 6. The smallest absolute Gasteiger partial charge is 0.271 e. The van der Waals surface area contributed by atoms with Crippen molar-refractivity contribution in [2.75, 3.05) is 25.1 Å². The summed E-state index contributed by atoms with van der Waals surface area (Å²) in [5.41, 5.74) is 1.41. The van der Waals surface area contributed by atoms with Gasteiger partial charge in [-0.3, -0.25) is 14.9 Å². The molecule has 1 amide bonds. The normalized spacial score (nSPS) is 18.9. The number of benzene rings is 2. The van der Waals surface area contributed by atoms with Crippen molar-refractivity contribution in [2.24, 2.45) is 0 Å². The second-order valence-corrected chi connectivity index (χ2v) is 9.96. The van der Waals surface area contributed by atoms with E-state index in [1.807, 2.05) is 6.92 Å². The van der Waals surface area contributed by atoms with Crippen LogP contribution < -0.4 is 9.64 Å². The molecule has 9 nitrogen and oxygen atoms in total. The van der Waals surface area contributed by atoms with Gasteiger partial charge in [-0.2, -0.15) is 4.31 Å². The molecule has 0 unspecified atom stereocenters. The Labute approximate surface area is 186 Å². The predicted octanol–water partition coefficient (Wildman–Crippen LogP) is 3.37. The fraction of sp³-hybridized carbons (Fsp3) is 0.409. The van der Waals surface area contributed by atoms with Gasteiger partial charge in [0.25, 0.3) is 11.6 Å². The number of methoxy groups -OCH3 is 1. The molecule has 10 heteroatoms. The molecule has 2 heterocycles. The maximum atomic E-state index is 13.4. The Kier molecular flexibility index (Phi) is 5.91. The second kappa shape index (κ2) is 8.51. The first-order chi connectivity index (χ1) is 15.2. The number of nitro benzene ring substituents is 1. The van der Waals surface area contributed by atoms with Crippen molar-refractivity contribution < 1.29 is 22.9 Å². The summed E-state index contributed by atoms with van der Waals surface area (Å²) in [4.78, 5) is 25.4. The molecule has 1 atom stereocenters. The van der Waals surface area contributed by atoms with Gasteiger partial charge in [-0.1, -0.05) is 12.5 Å². The molecule has 4 rings (SSSR count). The van der Waals surface area contributed by atoms with Gasteiger partial charge in [-0.25, -0.2) is 8.42 Å². The van der Waals surface area contributed by atoms with Crippen molar-refractivity contribution in [3.05, 3.63) is 57.6 Å². The van der Waals surface area contributed by atoms with Gasteiger partial charge in [0.15, 0.2) is 0 Å². The fourth-order valence-corrected chi connectivity index (χ4v) is 6.30. The molecule has 2 aliphatic heterocycles. The van der Waals surface area contributed by atoms with Gasteiger partial charge in [0.1, 0.15) is 10.6 Å². The van der Waals surface area contributed by atoms with E-state index in [1.54, 1.807) is 6.07 Å². The third kappa shape index (κ3) is 3.84. The number of rotatable bonds is 5. The standard InChI is InChI=1S/C22H25N3O6S/c1-15-5-3-4-11-24(15)32(29,30)21-13-17(7-9-20(21)31-2)22(26)23-12-10-16-6-8-18(25(27)28)14-19(16)23/h6-9,13-15H,3-5,10-12H2,1-2H3/t15-/m0/s1. The number of ether oxygens (including phenoxy) is 1. The van der Waals surface area contributed by atoms with Crippen LogP contribution in [0.15, 0.2) is 41.3 Å². The van der Waals surface area contributed by atoms with E-state index in [0.717, 1.165) is 24.8 Å². The van der Waals surface area contributed by atoms with Crippen LogP contribution in [-0.2, 0) is 16.4 Å². The van der Waals surface area contributed by atoms with Crippen LogP contribution in [0.3, 0.4) is 0 Å². The van der Waals surface area contributed by atoms with Crippen molar-refractivity contribution in [3.63, 3.8) is 0 Å². The lowest BCUT2D eigenvalue weighted by atomic mass is 10.1. The Balaban J connectivity index is 1.72. The summed E-state index contributed by atoms with van der Waals surface area (Å²) >= 11 is 0. The van der Waals surface area contributed by atoms with E-state index in [9.17, 15) is 23.3 Å². The molecule has 0 radical (unpaired) electrons. The van der Waals surface area contributed by atoms with Crippen molar-refractivity contribution in [1.29, 1.82) is 0 Å². The Morgan fingerprint density at radius 3 is 2.62 bits per heavy atom. The number of nitrogens with zero attached hydrogens (tertiary/aromatic N) is 3. The Hall–Kier alpha value is -2.98. The van der Waals surface area contributed by atoms with E-state index in [2.05, 4.69) is 0 Å². The first kappa shape index (κ1) is 22.2. The number of nitro groups is 1. The maximum absolute atomic E-state index is 13.4. The Morgan fingerprint density at radius 1 is 1.16 bits per heavy atom. The van der Waals surface area contributed by atoms with Gasteiger partial charge in [-0.15, -0.1) is 0 Å². The van der Waals surface area contributed by atoms with Crippen molar-refractivity contribution in [3.8, 4) is 5.75 Å². The number of anilines is 1. The molecule has 0 aromatic heterocycles. The third-order valence-electron chi connectivity index (χ3n) is 6.16. The third-order valence-corrected chi connectivity index (χ3v) is 8.19. The summed E-state index contributed by atoms with van der Waals surface area (Å²) in [6.07, 6.45) is 3.12. The van der Waals surface area contributed by atoms with E-state index in [4.69, 9.17) is 4.74 Å². The van der Waals surface area contributed by atoms with Crippen LogP contribution in [0.25, 0.3) is 0 Å². The molecule has 0 aliphatic carbocycles. The number of amides is 1. The second-order valence-electron chi connectivity index (χ2n) is 8.10. The molecule has 2 aromatic rings. The zero-order valence-corrected chi connectivity index (χ0v) is 18.8. The molecule has 0 bridgehead atoms. The highest BCUT2D eigenvalue weighted by Gasteiger charge is 2.34. The number of non-ortho nitro benzene ring substituents is 1.